The minimum absolute atomic E-state index is 0.712. The van der Waals surface area contributed by atoms with Crippen molar-refractivity contribution in [3.63, 3.8) is 0 Å². The van der Waals surface area contributed by atoms with Gasteiger partial charge in [-0.2, -0.15) is 0 Å². The molecule has 0 aliphatic heterocycles. The molecule has 2 aliphatic carbocycles. The molecule has 2 aliphatic rings. The van der Waals surface area contributed by atoms with Gasteiger partial charge in [-0.15, -0.1) is 0 Å². The van der Waals surface area contributed by atoms with E-state index in [1.807, 2.05) is 0 Å². The van der Waals surface area contributed by atoms with Crippen molar-refractivity contribution in [2.24, 2.45) is 23.2 Å². The van der Waals surface area contributed by atoms with E-state index >= 15 is 0 Å². The number of rotatable bonds is 1. The Morgan fingerprint density at radius 3 is 2.40 bits per heavy atom. The van der Waals surface area contributed by atoms with Crippen LogP contribution in [0.15, 0.2) is 0 Å². The average Bonchev–Trinajstić information content (AvgIpc) is 1.78. The first-order valence-electron chi connectivity index (χ1n) is 4.65. The van der Waals surface area contributed by atoms with Crippen molar-refractivity contribution >= 4 is 0 Å². The van der Waals surface area contributed by atoms with Crippen molar-refractivity contribution in [1.82, 2.24) is 0 Å². The molecule has 2 rings (SSSR count). The molecule has 0 N–H and O–H groups in total. The monoisotopic (exact) mass is 138 g/mol. The topological polar surface area (TPSA) is 0 Å². The molecule has 10 heavy (non-hydrogen) atoms. The Bertz CT molecular complexity index is 146. The molecule has 0 bridgehead atoms. The number of hydrogen-bond acceptors (Lipinski definition) is 0. The lowest BCUT2D eigenvalue weighted by atomic mass is 9.41. The van der Waals surface area contributed by atoms with Crippen LogP contribution in [0, 0.1) is 23.2 Å². The van der Waals surface area contributed by atoms with Gasteiger partial charge < -0.3 is 0 Å². The first kappa shape index (κ1) is 6.69. The molecule has 0 aromatic heterocycles. The second-order valence-electron chi connectivity index (χ2n) is 4.88. The van der Waals surface area contributed by atoms with Crippen LogP contribution in [0.25, 0.3) is 0 Å². The molecule has 0 heteroatoms. The van der Waals surface area contributed by atoms with Crippen LogP contribution in [0.2, 0.25) is 0 Å². The van der Waals surface area contributed by atoms with Crippen LogP contribution in [0.1, 0.15) is 40.0 Å². The van der Waals surface area contributed by atoms with Crippen LogP contribution >= 0.6 is 0 Å². The van der Waals surface area contributed by atoms with Crippen LogP contribution in [0.5, 0.6) is 0 Å². The molecular formula is C10H18. The average molecular weight is 138 g/mol. The van der Waals surface area contributed by atoms with Gasteiger partial charge >= 0.3 is 0 Å². The van der Waals surface area contributed by atoms with Crippen LogP contribution in [-0.4, -0.2) is 0 Å². The van der Waals surface area contributed by atoms with E-state index in [2.05, 4.69) is 20.8 Å². The first-order valence-corrected chi connectivity index (χ1v) is 4.65. The van der Waals surface area contributed by atoms with E-state index in [4.69, 9.17) is 0 Å². The molecular weight excluding hydrogens is 120 g/mol. The minimum atomic E-state index is 0.712. The molecule has 0 nitrogen and oxygen atoms in total. The predicted molar refractivity (Wildman–Crippen MR) is 43.8 cm³/mol. The first-order chi connectivity index (χ1) is 4.65. The van der Waals surface area contributed by atoms with Crippen molar-refractivity contribution in [3.8, 4) is 0 Å². The number of hydrogen-bond donors (Lipinski definition) is 0. The molecule has 2 fully saturated rings. The molecule has 0 aromatic carbocycles. The summed E-state index contributed by atoms with van der Waals surface area (Å²) in [5.41, 5.74) is 0.712. The highest BCUT2D eigenvalue weighted by Gasteiger charge is 2.57. The summed E-state index contributed by atoms with van der Waals surface area (Å²) in [6.45, 7) is 7.22. The summed E-state index contributed by atoms with van der Waals surface area (Å²) >= 11 is 0. The highest BCUT2D eigenvalue weighted by atomic mass is 14.6. The van der Waals surface area contributed by atoms with Gasteiger partial charge in [0.25, 0.3) is 0 Å². The Hall–Kier alpha value is 0. The molecule has 3 atom stereocenters. The Balaban J connectivity index is 2.00. The zero-order valence-electron chi connectivity index (χ0n) is 7.35. The van der Waals surface area contributed by atoms with Gasteiger partial charge in [0.05, 0.1) is 0 Å². The Morgan fingerprint density at radius 2 is 2.10 bits per heavy atom. The van der Waals surface area contributed by atoms with Crippen LogP contribution in [0.3, 0.4) is 0 Å². The lowest BCUT2D eigenvalue weighted by molar-refractivity contribution is -0.145. The van der Waals surface area contributed by atoms with Gasteiger partial charge in [-0.05, 0) is 36.0 Å². The van der Waals surface area contributed by atoms with E-state index in [0.29, 0.717) is 5.41 Å². The van der Waals surface area contributed by atoms with E-state index in [0.717, 1.165) is 17.8 Å². The minimum Gasteiger partial charge on any atom is -0.0651 e. The van der Waals surface area contributed by atoms with Crippen molar-refractivity contribution in [1.29, 1.82) is 0 Å². The zero-order valence-corrected chi connectivity index (χ0v) is 7.35. The largest absolute Gasteiger partial charge is 0.0651 e. The maximum atomic E-state index is 2.44. The molecule has 58 valence electrons. The molecule has 0 aromatic rings. The van der Waals surface area contributed by atoms with Gasteiger partial charge in [-0.3, -0.25) is 0 Å². The Labute approximate surface area is 64.0 Å². The summed E-state index contributed by atoms with van der Waals surface area (Å²) in [7, 11) is 0. The van der Waals surface area contributed by atoms with Crippen molar-refractivity contribution in [2.45, 2.75) is 40.0 Å². The second kappa shape index (κ2) is 1.78. The van der Waals surface area contributed by atoms with E-state index in [9.17, 15) is 0 Å². The van der Waals surface area contributed by atoms with E-state index in [1.54, 1.807) is 6.42 Å². The quantitative estimate of drug-likeness (QED) is 0.522. The fourth-order valence-corrected chi connectivity index (χ4v) is 3.43. The third-order valence-electron chi connectivity index (χ3n) is 3.84. The maximum Gasteiger partial charge on any atom is -0.0306 e. The van der Waals surface area contributed by atoms with Crippen LogP contribution < -0.4 is 0 Å². The summed E-state index contributed by atoms with van der Waals surface area (Å²) in [4.78, 5) is 0. The van der Waals surface area contributed by atoms with Crippen molar-refractivity contribution < 1.29 is 0 Å². The zero-order chi connectivity index (χ0) is 7.35. The van der Waals surface area contributed by atoms with Gasteiger partial charge in [0.15, 0.2) is 0 Å². The predicted octanol–water partition coefficient (Wildman–Crippen LogP) is 3.08. The van der Waals surface area contributed by atoms with Crippen LogP contribution in [-0.2, 0) is 0 Å². The highest BCUT2D eigenvalue weighted by Crippen LogP contribution is 2.65. The summed E-state index contributed by atoms with van der Waals surface area (Å²) in [5.74, 6) is 3.34. The fourth-order valence-electron chi connectivity index (χ4n) is 3.43. The van der Waals surface area contributed by atoms with Gasteiger partial charge in [0, 0.05) is 0 Å². The highest BCUT2D eigenvalue weighted by molar-refractivity contribution is 5.06. The Kier molecular flexibility index (Phi) is 1.19. The number of fused-ring (bicyclic) bond motifs is 1. The summed E-state index contributed by atoms with van der Waals surface area (Å²) in [5, 5.41) is 0. The second-order valence-corrected chi connectivity index (χ2v) is 4.88. The van der Waals surface area contributed by atoms with E-state index in [1.165, 1.54) is 12.8 Å². The normalized spacial score (nSPS) is 48.9. The Morgan fingerprint density at radius 1 is 1.40 bits per heavy atom. The maximum absolute atomic E-state index is 2.44. The molecule has 2 saturated carbocycles. The molecule has 0 amide bonds. The molecule has 0 radical (unpaired) electrons. The standard InChI is InChI=1S/C10H18/c1-4-7-5-8-6-10(2,3)9(7)8/h7-9H,4-6H2,1-3H3. The summed E-state index contributed by atoms with van der Waals surface area (Å²) < 4.78 is 0. The van der Waals surface area contributed by atoms with Crippen molar-refractivity contribution in [3.05, 3.63) is 0 Å². The SMILES string of the molecule is CCC1CC2CC(C)(C)C12. The molecule has 3 unspecified atom stereocenters. The van der Waals surface area contributed by atoms with Gasteiger partial charge in [-0.25, -0.2) is 0 Å². The molecule has 0 saturated heterocycles. The van der Waals surface area contributed by atoms with Crippen LogP contribution in [0.4, 0.5) is 0 Å². The lowest BCUT2D eigenvalue weighted by Crippen LogP contribution is -2.56. The van der Waals surface area contributed by atoms with Gasteiger partial charge in [-0.1, -0.05) is 27.2 Å². The fraction of sp³-hybridized carbons (Fsp3) is 1.00. The van der Waals surface area contributed by atoms with Crippen molar-refractivity contribution in [2.75, 3.05) is 0 Å². The third-order valence-corrected chi connectivity index (χ3v) is 3.84. The third kappa shape index (κ3) is 0.627. The smallest absolute Gasteiger partial charge is 0.0306 e. The summed E-state index contributed by atoms with van der Waals surface area (Å²) in [6.07, 6.45) is 4.48. The molecule has 0 spiro atoms. The summed E-state index contributed by atoms with van der Waals surface area (Å²) in [6, 6.07) is 0. The van der Waals surface area contributed by atoms with E-state index in [-0.39, 0.29) is 0 Å². The van der Waals surface area contributed by atoms with Gasteiger partial charge in [0.1, 0.15) is 0 Å². The van der Waals surface area contributed by atoms with E-state index < -0.39 is 0 Å². The molecule has 0 heterocycles. The lowest BCUT2D eigenvalue weighted by Gasteiger charge is -2.64. The van der Waals surface area contributed by atoms with Gasteiger partial charge in [0.2, 0.25) is 0 Å².